The van der Waals surface area contributed by atoms with Gasteiger partial charge >= 0.3 is 0 Å². The van der Waals surface area contributed by atoms with E-state index >= 15 is 0 Å². The van der Waals surface area contributed by atoms with Crippen molar-refractivity contribution in [2.75, 3.05) is 5.32 Å². The minimum atomic E-state index is 0.384. The number of anilines is 1. The Bertz CT molecular complexity index is 315. The lowest BCUT2D eigenvalue weighted by atomic mass is 10.3. The molecule has 1 aliphatic carbocycles. The Morgan fingerprint density at radius 3 is 2.47 bits per heavy atom. The summed E-state index contributed by atoms with van der Waals surface area (Å²) in [7, 11) is 0. The number of hydrogen-bond donors (Lipinski definition) is 1. The molecule has 0 saturated heterocycles. The first-order valence-electron chi connectivity index (χ1n) is 5.35. The molecule has 0 heterocycles. The van der Waals surface area contributed by atoms with Crippen LogP contribution in [-0.2, 0) is 4.79 Å². The molecule has 1 fully saturated rings. The van der Waals surface area contributed by atoms with Crippen LogP contribution in [0.1, 0.15) is 25.7 Å². The summed E-state index contributed by atoms with van der Waals surface area (Å²) >= 11 is 0. The van der Waals surface area contributed by atoms with E-state index in [1.807, 2.05) is 24.3 Å². The molecule has 0 bridgehead atoms. The van der Waals surface area contributed by atoms with Crippen molar-refractivity contribution in [2.24, 2.45) is 0 Å². The van der Waals surface area contributed by atoms with Crippen LogP contribution < -0.4 is 10.1 Å². The molecule has 0 spiro atoms. The number of nitrogens with one attached hydrogen (secondary N) is 1. The molecule has 0 atom stereocenters. The summed E-state index contributed by atoms with van der Waals surface area (Å²) in [6.07, 6.45) is 5.93. The molecule has 2 rings (SSSR count). The highest BCUT2D eigenvalue weighted by molar-refractivity contribution is 5.71. The summed E-state index contributed by atoms with van der Waals surface area (Å²) in [6.45, 7) is 0. The SMILES string of the molecule is O=CNc1ccc(OC2CCCC2)cc1. The predicted molar refractivity (Wildman–Crippen MR) is 59.0 cm³/mol. The maximum absolute atomic E-state index is 10.2. The predicted octanol–water partition coefficient (Wildman–Crippen LogP) is 2.58. The van der Waals surface area contributed by atoms with Gasteiger partial charge in [-0.2, -0.15) is 0 Å². The van der Waals surface area contributed by atoms with Crippen LogP contribution >= 0.6 is 0 Å². The van der Waals surface area contributed by atoms with E-state index in [2.05, 4.69) is 5.32 Å². The molecular formula is C12H15NO2. The molecule has 1 N–H and O–H groups in total. The van der Waals surface area contributed by atoms with Crippen LogP contribution in [0.5, 0.6) is 5.75 Å². The topological polar surface area (TPSA) is 38.3 Å². The average molecular weight is 205 g/mol. The van der Waals surface area contributed by atoms with E-state index in [4.69, 9.17) is 4.74 Å². The highest BCUT2D eigenvalue weighted by atomic mass is 16.5. The summed E-state index contributed by atoms with van der Waals surface area (Å²) in [4.78, 5) is 10.2. The monoisotopic (exact) mass is 205 g/mol. The number of hydrogen-bond acceptors (Lipinski definition) is 2. The first-order chi connectivity index (χ1) is 7.38. The molecule has 1 amide bonds. The highest BCUT2D eigenvalue weighted by Gasteiger charge is 2.16. The zero-order valence-corrected chi connectivity index (χ0v) is 8.61. The van der Waals surface area contributed by atoms with Crippen LogP contribution in [-0.4, -0.2) is 12.5 Å². The van der Waals surface area contributed by atoms with E-state index in [1.165, 1.54) is 12.8 Å². The molecule has 1 aromatic rings. The Morgan fingerprint density at radius 2 is 1.87 bits per heavy atom. The van der Waals surface area contributed by atoms with Gasteiger partial charge in [0.15, 0.2) is 0 Å². The zero-order valence-electron chi connectivity index (χ0n) is 8.61. The molecule has 3 nitrogen and oxygen atoms in total. The molecule has 0 radical (unpaired) electrons. The lowest BCUT2D eigenvalue weighted by Gasteiger charge is -2.12. The van der Waals surface area contributed by atoms with Crippen LogP contribution in [0.2, 0.25) is 0 Å². The lowest BCUT2D eigenvalue weighted by Crippen LogP contribution is -2.10. The van der Waals surface area contributed by atoms with Crippen molar-refractivity contribution in [2.45, 2.75) is 31.8 Å². The fraction of sp³-hybridized carbons (Fsp3) is 0.417. The maximum atomic E-state index is 10.2. The molecule has 0 aliphatic heterocycles. The second-order valence-electron chi connectivity index (χ2n) is 3.81. The van der Waals surface area contributed by atoms with Crippen molar-refractivity contribution in [1.29, 1.82) is 0 Å². The number of ether oxygens (including phenoxy) is 1. The summed E-state index contributed by atoms with van der Waals surface area (Å²) in [5, 5.41) is 2.59. The van der Waals surface area contributed by atoms with Crippen molar-refractivity contribution < 1.29 is 9.53 Å². The second-order valence-corrected chi connectivity index (χ2v) is 3.81. The van der Waals surface area contributed by atoms with E-state index in [1.54, 1.807) is 0 Å². The van der Waals surface area contributed by atoms with Gasteiger partial charge in [0.25, 0.3) is 0 Å². The molecule has 0 aromatic heterocycles. The Balaban J connectivity index is 1.93. The minimum absolute atomic E-state index is 0.384. The standard InChI is InChI=1S/C12H15NO2/c14-9-13-10-5-7-12(8-6-10)15-11-3-1-2-4-11/h5-9,11H,1-4H2,(H,13,14). The van der Waals surface area contributed by atoms with Crippen molar-refractivity contribution in [3.63, 3.8) is 0 Å². The Kier molecular flexibility index (Phi) is 3.22. The van der Waals surface area contributed by atoms with Crippen LogP contribution in [0.4, 0.5) is 5.69 Å². The van der Waals surface area contributed by atoms with Crippen molar-refractivity contribution in [3.8, 4) is 5.75 Å². The Morgan fingerprint density at radius 1 is 1.20 bits per heavy atom. The van der Waals surface area contributed by atoms with Gasteiger partial charge in [-0.3, -0.25) is 4.79 Å². The highest BCUT2D eigenvalue weighted by Crippen LogP contribution is 2.24. The van der Waals surface area contributed by atoms with E-state index in [-0.39, 0.29) is 0 Å². The molecule has 15 heavy (non-hydrogen) atoms. The van der Waals surface area contributed by atoms with Crippen LogP contribution in [0.3, 0.4) is 0 Å². The zero-order chi connectivity index (χ0) is 10.5. The normalized spacial score (nSPS) is 16.3. The van der Waals surface area contributed by atoms with Gasteiger partial charge in [0.1, 0.15) is 5.75 Å². The largest absolute Gasteiger partial charge is 0.490 e. The third-order valence-corrected chi connectivity index (χ3v) is 2.68. The number of carbonyl (C=O) groups is 1. The van der Waals surface area contributed by atoms with Crippen molar-refractivity contribution >= 4 is 12.1 Å². The summed E-state index contributed by atoms with van der Waals surface area (Å²) in [5.41, 5.74) is 0.795. The number of carbonyl (C=O) groups excluding carboxylic acids is 1. The average Bonchev–Trinajstić information content (AvgIpc) is 2.74. The van der Waals surface area contributed by atoms with Crippen LogP contribution in [0, 0.1) is 0 Å². The van der Waals surface area contributed by atoms with Gasteiger partial charge in [-0.1, -0.05) is 0 Å². The molecule has 0 unspecified atom stereocenters. The van der Waals surface area contributed by atoms with E-state index in [0.717, 1.165) is 24.3 Å². The van der Waals surface area contributed by atoms with E-state index in [9.17, 15) is 4.79 Å². The number of amides is 1. The first-order valence-corrected chi connectivity index (χ1v) is 5.35. The number of benzene rings is 1. The fourth-order valence-corrected chi connectivity index (χ4v) is 1.90. The smallest absolute Gasteiger partial charge is 0.211 e. The van der Waals surface area contributed by atoms with Gasteiger partial charge in [-0.15, -0.1) is 0 Å². The number of rotatable bonds is 4. The molecule has 1 aromatic carbocycles. The first kappa shape index (κ1) is 10.0. The van der Waals surface area contributed by atoms with Crippen LogP contribution in [0.25, 0.3) is 0 Å². The van der Waals surface area contributed by atoms with Gasteiger partial charge < -0.3 is 10.1 Å². The Hall–Kier alpha value is -1.51. The van der Waals surface area contributed by atoms with E-state index in [0.29, 0.717) is 12.5 Å². The Labute approximate surface area is 89.4 Å². The lowest BCUT2D eigenvalue weighted by molar-refractivity contribution is -0.105. The van der Waals surface area contributed by atoms with E-state index < -0.39 is 0 Å². The second kappa shape index (κ2) is 4.82. The minimum Gasteiger partial charge on any atom is -0.490 e. The molecule has 80 valence electrons. The third kappa shape index (κ3) is 2.72. The molecule has 1 saturated carbocycles. The quantitative estimate of drug-likeness (QED) is 0.767. The fourth-order valence-electron chi connectivity index (χ4n) is 1.90. The molecule has 1 aliphatic rings. The van der Waals surface area contributed by atoms with Gasteiger partial charge in [0.05, 0.1) is 6.10 Å². The van der Waals surface area contributed by atoms with Gasteiger partial charge in [0.2, 0.25) is 6.41 Å². The van der Waals surface area contributed by atoms with Gasteiger partial charge in [-0.05, 0) is 49.9 Å². The maximum Gasteiger partial charge on any atom is 0.211 e. The summed E-state index contributed by atoms with van der Waals surface area (Å²) < 4.78 is 5.79. The van der Waals surface area contributed by atoms with Crippen LogP contribution in [0.15, 0.2) is 24.3 Å². The van der Waals surface area contributed by atoms with Gasteiger partial charge in [0, 0.05) is 5.69 Å². The van der Waals surface area contributed by atoms with Crippen molar-refractivity contribution in [1.82, 2.24) is 0 Å². The summed E-state index contributed by atoms with van der Waals surface area (Å²) in [5.74, 6) is 0.887. The summed E-state index contributed by atoms with van der Waals surface area (Å²) in [6, 6.07) is 7.48. The molecule has 3 heteroatoms. The third-order valence-electron chi connectivity index (χ3n) is 2.68. The molecular weight excluding hydrogens is 190 g/mol. The van der Waals surface area contributed by atoms with Gasteiger partial charge in [-0.25, -0.2) is 0 Å². The van der Waals surface area contributed by atoms with Crippen molar-refractivity contribution in [3.05, 3.63) is 24.3 Å².